The van der Waals surface area contributed by atoms with Crippen LogP contribution < -0.4 is 5.73 Å². The summed E-state index contributed by atoms with van der Waals surface area (Å²) in [4.78, 5) is 0. The van der Waals surface area contributed by atoms with Crippen molar-refractivity contribution in [1.82, 2.24) is 0 Å². The molecule has 1 rings (SSSR count). The van der Waals surface area contributed by atoms with Crippen molar-refractivity contribution in [2.75, 3.05) is 13.2 Å². The number of unbranched alkanes of at least 4 members (excludes halogenated alkanes) is 1. The minimum absolute atomic E-state index is 0.272. The van der Waals surface area contributed by atoms with Crippen LogP contribution >= 0.6 is 0 Å². The molecule has 0 spiro atoms. The molecule has 1 saturated carbocycles. The van der Waals surface area contributed by atoms with E-state index < -0.39 is 0 Å². The minimum Gasteiger partial charge on any atom is -0.380 e. The van der Waals surface area contributed by atoms with E-state index >= 15 is 0 Å². The number of hydrogen-bond donors (Lipinski definition) is 1. The molecule has 0 bridgehead atoms. The van der Waals surface area contributed by atoms with E-state index in [1.807, 2.05) is 0 Å². The van der Waals surface area contributed by atoms with Gasteiger partial charge >= 0.3 is 0 Å². The average molecular weight is 255 g/mol. The summed E-state index contributed by atoms with van der Waals surface area (Å²) in [7, 11) is 0. The minimum atomic E-state index is 0.272. The Morgan fingerprint density at radius 2 is 1.83 bits per heavy atom. The van der Waals surface area contributed by atoms with Crippen molar-refractivity contribution in [3.05, 3.63) is 0 Å². The van der Waals surface area contributed by atoms with E-state index in [9.17, 15) is 0 Å². The second-order valence-corrected chi connectivity index (χ2v) is 6.02. The summed E-state index contributed by atoms with van der Waals surface area (Å²) in [6, 6.07) is 0.272. The Labute approximate surface area is 114 Å². The third-order valence-corrected chi connectivity index (χ3v) is 4.46. The third kappa shape index (κ3) is 6.19. The van der Waals surface area contributed by atoms with Crippen LogP contribution in [0.3, 0.4) is 0 Å². The first-order chi connectivity index (χ1) is 8.77. The van der Waals surface area contributed by atoms with Gasteiger partial charge in [-0.05, 0) is 31.1 Å². The van der Waals surface area contributed by atoms with Gasteiger partial charge in [-0.15, -0.1) is 0 Å². The Morgan fingerprint density at radius 3 is 2.44 bits per heavy atom. The Kier molecular flexibility index (Phi) is 8.70. The van der Waals surface area contributed by atoms with Gasteiger partial charge in [0.1, 0.15) is 0 Å². The molecule has 1 aliphatic rings. The molecule has 2 nitrogen and oxygen atoms in total. The fourth-order valence-corrected chi connectivity index (χ4v) is 2.97. The first kappa shape index (κ1) is 16.0. The number of nitrogens with two attached hydrogens (primary N) is 1. The fraction of sp³-hybridized carbons (Fsp3) is 1.00. The summed E-state index contributed by atoms with van der Waals surface area (Å²) >= 11 is 0. The van der Waals surface area contributed by atoms with Crippen LogP contribution in [0.5, 0.6) is 0 Å². The van der Waals surface area contributed by atoms with Crippen molar-refractivity contribution in [3.8, 4) is 0 Å². The van der Waals surface area contributed by atoms with Crippen LogP contribution in [0.1, 0.15) is 71.6 Å². The van der Waals surface area contributed by atoms with Gasteiger partial charge in [-0.2, -0.15) is 0 Å². The molecule has 18 heavy (non-hydrogen) atoms. The van der Waals surface area contributed by atoms with Gasteiger partial charge < -0.3 is 10.5 Å². The topological polar surface area (TPSA) is 35.2 Å². The molecule has 1 aliphatic carbocycles. The van der Waals surface area contributed by atoms with Crippen molar-refractivity contribution in [1.29, 1.82) is 0 Å². The lowest BCUT2D eigenvalue weighted by atomic mass is 9.84. The number of rotatable bonds is 9. The summed E-state index contributed by atoms with van der Waals surface area (Å²) < 4.78 is 5.87. The van der Waals surface area contributed by atoms with E-state index in [1.165, 1.54) is 57.8 Å². The summed E-state index contributed by atoms with van der Waals surface area (Å²) in [6.07, 6.45) is 11.9. The maximum absolute atomic E-state index is 6.25. The normalized spacial score (nSPS) is 20.8. The maximum atomic E-state index is 6.25. The van der Waals surface area contributed by atoms with Crippen LogP contribution in [-0.4, -0.2) is 19.3 Å². The number of hydrogen-bond acceptors (Lipinski definition) is 2. The highest BCUT2D eigenvalue weighted by atomic mass is 16.5. The van der Waals surface area contributed by atoms with E-state index in [4.69, 9.17) is 10.5 Å². The molecule has 2 atom stereocenters. The first-order valence-electron chi connectivity index (χ1n) is 8.11. The van der Waals surface area contributed by atoms with Crippen LogP contribution in [0.4, 0.5) is 0 Å². The molecular formula is C16H33NO. The Balaban J connectivity index is 2.10. The van der Waals surface area contributed by atoms with Crippen LogP contribution in [0.25, 0.3) is 0 Å². The molecule has 0 aromatic carbocycles. The summed E-state index contributed by atoms with van der Waals surface area (Å²) in [5.41, 5.74) is 6.25. The molecule has 2 N–H and O–H groups in total. The average Bonchev–Trinajstić information content (AvgIpc) is 2.43. The largest absolute Gasteiger partial charge is 0.380 e. The SMILES string of the molecule is CCCCC(CC)COCC(N)C1CCCCC1. The van der Waals surface area contributed by atoms with Gasteiger partial charge in [0.25, 0.3) is 0 Å². The maximum Gasteiger partial charge on any atom is 0.0620 e. The van der Waals surface area contributed by atoms with Crippen molar-refractivity contribution in [2.45, 2.75) is 77.7 Å². The molecular weight excluding hydrogens is 222 g/mol. The third-order valence-electron chi connectivity index (χ3n) is 4.46. The second kappa shape index (κ2) is 9.80. The van der Waals surface area contributed by atoms with Gasteiger partial charge in [0.15, 0.2) is 0 Å². The second-order valence-electron chi connectivity index (χ2n) is 6.02. The monoisotopic (exact) mass is 255 g/mol. The Bertz CT molecular complexity index is 190. The van der Waals surface area contributed by atoms with E-state index in [2.05, 4.69) is 13.8 Å². The summed E-state index contributed by atoms with van der Waals surface area (Å²) in [5.74, 6) is 1.46. The molecule has 0 aromatic rings. The van der Waals surface area contributed by atoms with Crippen LogP contribution in [0.2, 0.25) is 0 Å². The van der Waals surface area contributed by atoms with Crippen molar-refractivity contribution in [2.24, 2.45) is 17.6 Å². The molecule has 0 amide bonds. The predicted molar refractivity (Wildman–Crippen MR) is 78.7 cm³/mol. The summed E-state index contributed by atoms with van der Waals surface area (Å²) in [5, 5.41) is 0. The number of ether oxygens (including phenoxy) is 1. The first-order valence-corrected chi connectivity index (χ1v) is 8.11. The van der Waals surface area contributed by atoms with Crippen molar-refractivity contribution in [3.63, 3.8) is 0 Å². The Morgan fingerprint density at radius 1 is 1.11 bits per heavy atom. The standard InChI is InChI=1S/C16H33NO/c1-3-5-9-14(4-2)12-18-13-16(17)15-10-7-6-8-11-15/h14-16H,3-13,17H2,1-2H3. The lowest BCUT2D eigenvalue weighted by molar-refractivity contribution is 0.0675. The van der Waals surface area contributed by atoms with Gasteiger partial charge in [-0.1, -0.05) is 52.4 Å². The van der Waals surface area contributed by atoms with Gasteiger partial charge in [0, 0.05) is 12.6 Å². The zero-order valence-electron chi connectivity index (χ0n) is 12.5. The lowest BCUT2D eigenvalue weighted by Crippen LogP contribution is -2.36. The van der Waals surface area contributed by atoms with Crippen LogP contribution in [-0.2, 0) is 4.74 Å². The molecule has 0 radical (unpaired) electrons. The molecule has 108 valence electrons. The summed E-state index contributed by atoms with van der Waals surface area (Å²) in [6.45, 7) is 6.21. The zero-order valence-corrected chi connectivity index (χ0v) is 12.5. The van der Waals surface area contributed by atoms with Crippen molar-refractivity contribution >= 4 is 0 Å². The van der Waals surface area contributed by atoms with Crippen molar-refractivity contribution < 1.29 is 4.74 Å². The van der Waals surface area contributed by atoms with Gasteiger partial charge in [-0.25, -0.2) is 0 Å². The Hall–Kier alpha value is -0.0800. The van der Waals surface area contributed by atoms with E-state index in [1.54, 1.807) is 0 Å². The van der Waals surface area contributed by atoms with Gasteiger partial charge in [0.05, 0.1) is 6.61 Å². The lowest BCUT2D eigenvalue weighted by Gasteiger charge is -2.27. The molecule has 0 aromatic heterocycles. The fourth-order valence-electron chi connectivity index (χ4n) is 2.97. The quantitative estimate of drug-likeness (QED) is 0.672. The smallest absolute Gasteiger partial charge is 0.0620 e. The molecule has 0 heterocycles. The molecule has 2 heteroatoms. The molecule has 1 fully saturated rings. The predicted octanol–water partition coefficient (Wildman–Crippen LogP) is 4.13. The van der Waals surface area contributed by atoms with Gasteiger partial charge in [-0.3, -0.25) is 0 Å². The molecule has 0 aliphatic heterocycles. The highest BCUT2D eigenvalue weighted by Crippen LogP contribution is 2.25. The molecule has 2 unspecified atom stereocenters. The molecule has 0 saturated heterocycles. The van der Waals surface area contributed by atoms with Crippen LogP contribution in [0, 0.1) is 11.8 Å². The van der Waals surface area contributed by atoms with E-state index in [0.717, 1.165) is 25.0 Å². The zero-order chi connectivity index (χ0) is 13.2. The van der Waals surface area contributed by atoms with E-state index in [0.29, 0.717) is 0 Å². The highest BCUT2D eigenvalue weighted by molar-refractivity contribution is 4.76. The van der Waals surface area contributed by atoms with E-state index in [-0.39, 0.29) is 6.04 Å². The van der Waals surface area contributed by atoms with Gasteiger partial charge in [0.2, 0.25) is 0 Å². The highest BCUT2D eigenvalue weighted by Gasteiger charge is 2.20. The van der Waals surface area contributed by atoms with Crippen LogP contribution in [0.15, 0.2) is 0 Å².